The highest BCUT2D eigenvalue weighted by Crippen LogP contribution is 2.46. The van der Waals surface area contributed by atoms with E-state index in [1.165, 1.54) is 71.5 Å². The summed E-state index contributed by atoms with van der Waals surface area (Å²) >= 11 is 0. The van der Waals surface area contributed by atoms with Gasteiger partial charge < -0.3 is 17.7 Å². The van der Waals surface area contributed by atoms with Crippen LogP contribution in [-0.2, 0) is 28.2 Å². The second kappa shape index (κ2) is 27.9. The Morgan fingerprint density at radius 1 is 0.295 bits per heavy atom. The van der Waals surface area contributed by atoms with E-state index >= 15 is 0 Å². The predicted molar refractivity (Wildman–Crippen MR) is 451 cm³/mol. The van der Waals surface area contributed by atoms with Gasteiger partial charge in [-0.25, -0.2) is 9.69 Å². The molecule has 0 aliphatic carbocycles. The third-order valence-electron chi connectivity index (χ3n) is 23.1. The highest BCUT2D eigenvalue weighted by atomic mass is 16.3. The Balaban J connectivity index is 0.000000108. The van der Waals surface area contributed by atoms with Crippen LogP contribution in [0, 0.1) is 91.2 Å². The first kappa shape index (κ1) is 70.4. The van der Waals surface area contributed by atoms with Gasteiger partial charge in [0.05, 0.1) is 52.6 Å². The van der Waals surface area contributed by atoms with Gasteiger partial charge in [-0.2, -0.15) is 28.8 Å². The van der Waals surface area contributed by atoms with Crippen LogP contribution < -0.4 is 18.3 Å². The van der Waals surface area contributed by atoms with Crippen molar-refractivity contribution in [2.75, 3.05) is 0 Å². The van der Waals surface area contributed by atoms with Gasteiger partial charge in [0.25, 0.3) is 0 Å². The number of aromatic nitrogens is 4. The summed E-state index contributed by atoms with van der Waals surface area (Å²) in [5.74, 6) is 0. The smallest absolute Gasteiger partial charge is 0.216 e. The van der Waals surface area contributed by atoms with Crippen molar-refractivity contribution in [1.29, 1.82) is 10.5 Å². The normalized spacial score (nSPS) is 11.4. The average Bonchev–Trinajstić information content (AvgIpc) is 1.51. The summed E-state index contributed by atoms with van der Waals surface area (Å²) in [5.41, 5.74) is 31.9. The highest BCUT2D eigenvalue weighted by molar-refractivity contribution is 6.16. The Morgan fingerprint density at radius 3 is 1.16 bits per heavy atom. The van der Waals surface area contributed by atoms with Gasteiger partial charge in [0.15, 0.2) is 17.0 Å². The summed E-state index contributed by atoms with van der Waals surface area (Å²) in [6.45, 7) is 31.6. The molecule has 0 aliphatic rings. The number of hydrogen-bond acceptors (Lipinski definition) is 6. The first-order chi connectivity index (χ1) is 54.4. The van der Waals surface area contributed by atoms with E-state index in [9.17, 15) is 10.5 Å². The molecule has 0 amide bonds. The zero-order valence-electron chi connectivity index (χ0n) is 64.3. The van der Waals surface area contributed by atoms with Crippen molar-refractivity contribution >= 4 is 143 Å². The largest absolute Gasteiger partial charge is 0.456 e. The number of pyridine rings is 4. The molecule has 0 saturated heterocycles. The number of furan rings is 4. The summed E-state index contributed by atoms with van der Waals surface area (Å²) in [6, 6.07) is 86.9. The molecule has 536 valence electrons. The zero-order valence-corrected chi connectivity index (χ0v) is 64.3. The van der Waals surface area contributed by atoms with E-state index in [1.54, 1.807) is 0 Å². The zero-order chi connectivity index (χ0) is 77.7. The molecule has 112 heavy (non-hydrogen) atoms. The molecule has 20 aromatic rings. The van der Waals surface area contributed by atoms with E-state index in [4.69, 9.17) is 30.8 Å². The molecule has 0 saturated carbocycles. The van der Waals surface area contributed by atoms with Crippen LogP contribution in [0.1, 0.15) is 55.6 Å². The third-order valence-corrected chi connectivity index (χ3v) is 23.1. The molecule has 0 radical (unpaired) electrons. The summed E-state index contributed by atoms with van der Waals surface area (Å²) in [5, 5.41) is 32.3. The topological polar surface area (TPSA) is 124 Å². The number of hydrogen-bond donors (Lipinski definition) is 0. The molecule has 0 aliphatic heterocycles. The van der Waals surface area contributed by atoms with Crippen molar-refractivity contribution in [2.45, 2.75) is 55.4 Å². The number of para-hydroxylation sites is 5. The average molecular weight is 1450 g/mol. The van der Waals surface area contributed by atoms with Crippen LogP contribution in [0.3, 0.4) is 0 Å². The molecule has 0 spiro atoms. The Morgan fingerprint density at radius 2 is 0.679 bits per heavy atom. The van der Waals surface area contributed by atoms with E-state index in [0.29, 0.717) is 22.5 Å². The number of nitriles is 2. The fourth-order valence-electron chi connectivity index (χ4n) is 16.6. The lowest BCUT2D eigenvalue weighted by Crippen LogP contribution is -2.32. The molecule has 12 nitrogen and oxygen atoms in total. The molecule has 12 heteroatoms. The maximum atomic E-state index is 9.88. The molecular weight excluding hydrogens is 1380 g/mol. The van der Waals surface area contributed by atoms with Gasteiger partial charge in [0.2, 0.25) is 44.8 Å². The summed E-state index contributed by atoms with van der Waals surface area (Å²) in [6.07, 6.45) is 0. The van der Waals surface area contributed by atoms with E-state index in [0.717, 1.165) is 149 Å². The van der Waals surface area contributed by atoms with Gasteiger partial charge in [-0.15, -0.1) is 0 Å². The number of rotatable bonds is 4. The minimum Gasteiger partial charge on any atom is -0.456 e. The first-order valence-electron chi connectivity index (χ1n) is 37.3. The lowest BCUT2D eigenvalue weighted by molar-refractivity contribution is -0.633. The van der Waals surface area contributed by atoms with Crippen molar-refractivity contribution in [3.05, 3.63) is 321 Å². The van der Waals surface area contributed by atoms with E-state index in [2.05, 4.69) is 281 Å². The molecule has 20 rings (SSSR count). The van der Waals surface area contributed by atoms with Gasteiger partial charge >= 0.3 is 0 Å². The minimum absolute atomic E-state index is 0.595. The maximum absolute atomic E-state index is 9.88. The van der Waals surface area contributed by atoms with Crippen molar-refractivity contribution in [3.8, 4) is 57.2 Å². The SMILES string of the molecule is Cc1c(C)c(C#N)c2c(oc3ccccc32)c1-c1ccc2ccccc2[n+]1C.Cc1cc2c(oc3cccc(C#N)c32)c(-c2ccc3ccccc3[n+]2C)c1C.[C-]#[N+]c1ccc2c(c1)oc1c(-c3ccc4ccccc4[n+]3C)c(C)c(C)cc12.[C-]#[N+]c1ccc2oc3c(-c4ccc5ccccc5[n+]4C)c(C)c(C)cc3c2c1. The number of aryl methyl sites for hydroxylation is 7. The van der Waals surface area contributed by atoms with E-state index in [-0.39, 0.29) is 0 Å². The van der Waals surface area contributed by atoms with Crippen LogP contribution >= 0.6 is 0 Å². The molecule has 12 aromatic carbocycles. The Bertz CT molecular complexity index is 7510. The number of fused-ring (bicyclic) bond motifs is 16. The fraction of sp³-hybridized carbons (Fsp3) is 0.120. The molecule has 0 bridgehead atoms. The van der Waals surface area contributed by atoms with E-state index < -0.39 is 0 Å². The van der Waals surface area contributed by atoms with Crippen LogP contribution in [0.25, 0.3) is 186 Å². The Labute approximate surface area is 647 Å². The second-order valence-corrected chi connectivity index (χ2v) is 29.2. The van der Waals surface area contributed by atoms with Crippen LogP contribution in [-0.4, -0.2) is 0 Å². The molecular formula is C100H76N8O4+4. The van der Waals surface area contributed by atoms with Crippen molar-refractivity contribution in [1.82, 2.24) is 0 Å². The number of nitrogens with zero attached hydrogens (tertiary/aromatic N) is 8. The van der Waals surface area contributed by atoms with Crippen LogP contribution in [0.5, 0.6) is 0 Å². The van der Waals surface area contributed by atoms with Gasteiger partial charge in [0, 0.05) is 113 Å². The quantitative estimate of drug-likeness (QED) is 0.128. The number of benzene rings is 12. The van der Waals surface area contributed by atoms with Crippen LogP contribution in [0.15, 0.2) is 260 Å². The summed E-state index contributed by atoms with van der Waals surface area (Å²) in [4.78, 5) is 7.12. The van der Waals surface area contributed by atoms with Gasteiger partial charge in [-0.05, 0) is 203 Å². The maximum Gasteiger partial charge on any atom is 0.216 e. The predicted octanol–water partition coefficient (Wildman–Crippen LogP) is 24.2. The van der Waals surface area contributed by atoms with Gasteiger partial charge in [0.1, 0.15) is 73.3 Å². The minimum atomic E-state index is 0.595. The first-order valence-corrected chi connectivity index (χ1v) is 37.3. The molecule has 0 N–H and O–H groups in total. The molecule has 8 aromatic heterocycles. The van der Waals surface area contributed by atoms with Gasteiger partial charge in [-0.1, -0.05) is 91.0 Å². The van der Waals surface area contributed by atoms with Crippen molar-refractivity contribution in [3.63, 3.8) is 0 Å². The van der Waals surface area contributed by atoms with Crippen molar-refractivity contribution < 1.29 is 35.9 Å². The van der Waals surface area contributed by atoms with Gasteiger partial charge in [-0.3, -0.25) is 0 Å². The third kappa shape index (κ3) is 11.5. The molecule has 0 fully saturated rings. The highest BCUT2D eigenvalue weighted by Gasteiger charge is 2.30. The van der Waals surface area contributed by atoms with Crippen LogP contribution in [0.4, 0.5) is 11.4 Å². The Hall–Kier alpha value is -14.6. The fourth-order valence-corrected chi connectivity index (χ4v) is 16.6. The second-order valence-electron chi connectivity index (χ2n) is 29.2. The monoisotopic (exact) mass is 1450 g/mol. The Kier molecular flexibility index (Phi) is 17.5. The standard InChI is InChI=1S/4C25H19N2O/c1-15-13-20-19-11-10-18(26-3)14-23(19)28-25(20)24(16(15)2)22-12-9-17-7-5-6-8-21(17)27(22)4;1-15-13-20-19-14-18(26-3)10-12-23(19)28-25(20)24(16(15)2)22-11-9-17-7-5-6-8-21(17)27(22)4;1-15-16(2)23(21-13-12-17-8-4-6-10-20(17)27(21)3)25-24(19(15)14-26)18-9-5-7-11-22(18)28-25;1-15-13-19-24-18(14-26)8-6-10-22(24)28-25(19)23(16(15)2)21-12-11-17-7-4-5-9-20(17)27(21)3/h2*5-14H,1-2,4H3;2*4-13H,1-3H3/q4*+1. The van der Waals surface area contributed by atoms with E-state index in [1.807, 2.05) is 85.8 Å². The lowest BCUT2D eigenvalue weighted by Gasteiger charge is -2.11. The van der Waals surface area contributed by atoms with Crippen molar-refractivity contribution in [2.24, 2.45) is 28.2 Å². The lowest BCUT2D eigenvalue weighted by atomic mass is 9.91. The molecule has 8 heterocycles. The van der Waals surface area contributed by atoms with Crippen LogP contribution in [0.2, 0.25) is 0 Å². The summed E-state index contributed by atoms with van der Waals surface area (Å²) < 4.78 is 34.2. The molecule has 0 unspecified atom stereocenters. The summed E-state index contributed by atoms with van der Waals surface area (Å²) in [7, 11) is 8.38. The molecule has 0 atom stereocenters.